The fraction of sp³-hybridized carbons (Fsp3) is 0.938. The highest BCUT2D eigenvalue weighted by atomic mass is 16.5. The number of rotatable bonds is 4. The smallest absolute Gasteiger partial charge is 0.239 e. The number of amides is 1. The Balaban J connectivity index is 1.47. The van der Waals surface area contributed by atoms with Gasteiger partial charge in [-0.05, 0) is 44.4 Å². The number of morpholine rings is 1. The average Bonchev–Trinajstić information content (AvgIpc) is 3.32. The van der Waals surface area contributed by atoms with Gasteiger partial charge in [-0.25, -0.2) is 0 Å². The molecule has 1 saturated heterocycles. The van der Waals surface area contributed by atoms with Crippen molar-refractivity contribution in [2.45, 2.75) is 57.5 Å². The summed E-state index contributed by atoms with van der Waals surface area (Å²) in [6.07, 6.45) is 8.15. The molecule has 3 rings (SSSR count). The number of nitrogens with one attached hydrogen (secondary N) is 1. The van der Waals surface area contributed by atoms with Gasteiger partial charge in [0.25, 0.3) is 0 Å². The molecule has 2 saturated carbocycles. The molecule has 4 heteroatoms. The molecule has 114 valence electrons. The number of hydrogen-bond donors (Lipinski definition) is 1. The predicted octanol–water partition coefficient (Wildman–Crippen LogP) is 1.79. The van der Waals surface area contributed by atoms with E-state index in [0.717, 1.165) is 24.9 Å². The second-order valence-corrected chi connectivity index (χ2v) is 6.79. The van der Waals surface area contributed by atoms with E-state index in [1.807, 2.05) is 11.8 Å². The predicted molar refractivity (Wildman–Crippen MR) is 78.5 cm³/mol. The van der Waals surface area contributed by atoms with Crippen molar-refractivity contribution in [1.82, 2.24) is 10.2 Å². The maximum Gasteiger partial charge on any atom is 0.239 e. The zero-order chi connectivity index (χ0) is 13.9. The summed E-state index contributed by atoms with van der Waals surface area (Å²) >= 11 is 0. The molecule has 3 unspecified atom stereocenters. The van der Waals surface area contributed by atoms with Crippen molar-refractivity contribution < 1.29 is 9.53 Å². The Morgan fingerprint density at radius 1 is 1.15 bits per heavy atom. The van der Waals surface area contributed by atoms with Crippen molar-refractivity contribution in [2.75, 3.05) is 26.3 Å². The van der Waals surface area contributed by atoms with Crippen LogP contribution in [-0.4, -0.2) is 49.2 Å². The quantitative estimate of drug-likeness (QED) is 0.853. The highest BCUT2D eigenvalue weighted by molar-refractivity contribution is 5.81. The molecule has 0 aromatic heterocycles. The fourth-order valence-corrected chi connectivity index (χ4v) is 3.86. The van der Waals surface area contributed by atoms with Gasteiger partial charge in [-0.3, -0.25) is 4.79 Å². The molecule has 1 N–H and O–H groups in total. The Morgan fingerprint density at radius 3 is 2.60 bits per heavy atom. The summed E-state index contributed by atoms with van der Waals surface area (Å²) in [5.41, 5.74) is 0. The first kappa shape index (κ1) is 14.3. The number of carbonyl (C=O) groups is 1. The minimum absolute atomic E-state index is 0.0453. The molecule has 0 bridgehead atoms. The molecule has 0 aromatic carbocycles. The molecule has 1 aliphatic heterocycles. The monoisotopic (exact) mass is 280 g/mol. The SMILES string of the molecule is CC(NC1CCCC(C2CC2)C1)C(=O)N1CCOCC1. The summed E-state index contributed by atoms with van der Waals surface area (Å²) in [6, 6.07) is 0.505. The van der Waals surface area contributed by atoms with Crippen LogP contribution in [0.1, 0.15) is 45.4 Å². The summed E-state index contributed by atoms with van der Waals surface area (Å²) in [5, 5.41) is 3.60. The van der Waals surface area contributed by atoms with Crippen molar-refractivity contribution in [2.24, 2.45) is 11.8 Å². The van der Waals surface area contributed by atoms with Crippen LogP contribution in [0, 0.1) is 11.8 Å². The van der Waals surface area contributed by atoms with Crippen molar-refractivity contribution >= 4 is 5.91 Å². The van der Waals surface area contributed by atoms with Crippen LogP contribution in [-0.2, 0) is 9.53 Å². The first-order valence-corrected chi connectivity index (χ1v) is 8.36. The van der Waals surface area contributed by atoms with Crippen LogP contribution in [0.3, 0.4) is 0 Å². The third-order valence-electron chi connectivity index (χ3n) is 5.18. The Morgan fingerprint density at radius 2 is 1.90 bits per heavy atom. The Hall–Kier alpha value is -0.610. The van der Waals surface area contributed by atoms with E-state index in [4.69, 9.17) is 4.74 Å². The molecule has 0 radical (unpaired) electrons. The molecule has 0 spiro atoms. The number of carbonyl (C=O) groups excluding carboxylic acids is 1. The average molecular weight is 280 g/mol. The van der Waals surface area contributed by atoms with Gasteiger partial charge in [0.1, 0.15) is 0 Å². The molecule has 20 heavy (non-hydrogen) atoms. The highest BCUT2D eigenvalue weighted by Crippen LogP contribution is 2.43. The Bertz CT molecular complexity index is 337. The molecule has 3 atom stereocenters. The van der Waals surface area contributed by atoms with Gasteiger partial charge in [0.2, 0.25) is 5.91 Å². The van der Waals surface area contributed by atoms with Gasteiger partial charge in [0, 0.05) is 19.1 Å². The molecular weight excluding hydrogens is 252 g/mol. The molecule has 4 nitrogen and oxygen atoms in total. The van der Waals surface area contributed by atoms with Gasteiger partial charge in [-0.2, -0.15) is 0 Å². The molecule has 1 heterocycles. The lowest BCUT2D eigenvalue weighted by atomic mass is 9.82. The largest absolute Gasteiger partial charge is 0.378 e. The van der Waals surface area contributed by atoms with Crippen LogP contribution in [0.2, 0.25) is 0 Å². The highest BCUT2D eigenvalue weighted by Gasteiger charge is 2.35. The normalized spacial score (nSPS) is 33.0. The third-order valence-corrected chi connectivity index (χ3v) is 5.18. The van der Waals surface area contributed by atoms with Crippen LogP contribution in [0.5, 0.6) is 0 Å². The minimum atomic E-state index is -0.0453. The van der Waals surface area contributed by atoms with E-state index in [9.17, 15) is 4.79 Å². The van der Waals surface area contributed by atoms with E-state index in [-0.39, 0.29) is 11.9 Å². The van der Waals surface area contributed by atoms with Crippen molar-refractivity contribution in [1.29, 1.82) is 0 Å². The summed E-state index contributed by atoms with van der Waals surface area (Å²) in [5.74, 6) is 2.18. The fourth-order valence-electron chi connectivity index (χ4n) is 3.86. The lowest BCUT2D eigenvalue weighted by Gasteiger charge is -2.34. The zero-order valence-electron chi connectivity index (χ0n) is 12.6. The van der Waals surface area contributed by atoms with Crippen LogP contribution in [0.15, 0.2) is 0 Å². The van der Waals surface area contributed by atoms with Gasteiger partial charge in [0.05, 0.1) is 19.3 Å². The van der Waals surface area contributed by atoms with Gasteiger partial charge in [-0.15, -0.1) is 0 Å². The van der Waals surface area contributed by atoms with Gasteiger partial charge < -0.3 is 15.0 Å². The molecule has 0 aromatic rings. The van der Waals surface area contributed by atoms with Crippen molar-refractivity contribution in [3.63, 3.8) is 0 Å². The molecule has 3 fully saturated rings. The van der Waals surface area contributed by atoms with Crippen LogP contribution in [0.25, 0.3) is 0 Å². The van der Waals surface area contributed by atoms with Crippen molar-refractivity contribution in [3.8, 4) is 0 Å². The van der Waals surface area contributed by atoms with E-state index >= 15 is 0 Å². The third kappa shape index (κ3) is 3.53. The Labute approximate surface area is 122 Å². The maximum absolute atomic E-state index is 12.4. The van der Waals surface area contributed by atoms with Crippen molar-refractivity contribution in [3.05, 3.63) is 0 Å². The molecule has 1 amide bonds. The van der Waals surface area contributed by atoms with E-state index in [1.165, 1.54) is 38.5 Å². The summed E-state index contributed by atoms with van der Waals surface area (Å²) < 4.78 is 5.31. The van der Waals surface area contributed by atoms with Crippen LogP contribution >= 0.6 is 0 Å². The lowest BCUT2D eigenvalue weighted by Crippen LogP contribution is -2.52. The van der Waals surface area contributed by atoms with Gasteiger partial charge in [-0.1, -0.05) is 12.8 Å². The maximum atomic E-state index is 12.4. The summed E-state index contributed by atoms with van der Waals surface area (Å²) in [4.78, 5) is 14.4. The summed E-state index contributed by atoms with van der Waals surface area (Å²) in [7, 11) is 0. The van der Waals surface area contributed by atoms with E-state index in [2.05, 4.69) is 5.32 Å². The topological polar surface area (TPSA) is 41.6 Å². The second-order valence-electron chi connectivity index (χ2n) is 6.79. The number of hydrogen-bond acceptors (Lipinski definition) is 3. The lowest BCUT2D eigenvalue weighted by molar-refractivity contribution is -0.137. The molecule has 3 aliphatic rings. The van der Waals surface area contributed by atoms with E-state index in [1.54, 1.807) is 0 Å². The first-order chi connectivity index (χ1) is 9.74. The van der Waals surface area contributed by atoms with E-state index in [0.29, 0.717) is 19.3 Å². The minimum Gasteiger partial charge on any atom is -0.378 e. The zero-order valence-corrected chi connectivity index (χ0v) is 12.6. The first-order valence-electron chi connectivity index (χ1n) is 8.36. The van der Waals surface area contributed by atoms with Gasteiger partial charge >= 0.3 is 0 Å². The van der Waals surface area contributed by atoms with E-state index < -0.39 is 0 Å². The number of ether oxygens (including phenoxy) is 1. The molecule has 2 aliphatic carbocycles. The Kier molecular flexibility index (Phi) is 4.61. The van der Waals surface area contributed by atoms with Crippen LogP contribution < -0.4 is 5.32 Å². The molecular formula is C16H28N2O2. The summed E-state index contributed by atoms with van der Waals surface area (Å²) in [6.45, 7) is 4.90. The number of nitrogens with zero attached hydrogens (tertiary/aromatic N) is 1. The standard InChI is InChI=1S/C16H28N2O2/c1-12(16(19)18-7-9-20-10-8-18)17-15-4-2-3-14(11-15)13-5-6-13/h12-15,17H,2-11H2,1H3. The van der Waals surface area contributed by atoms with Gasteiger partial charge in [0.15, 0.2) is 0 Å². The van der Waals surface area contributed by atoms with Crippen LogP contribution in [0.4, 0.5) is 0 Å². The second kappa shape index (κ2) is 6.44.